The Balaban J connectivity index is 2.16. The lowest BCUT2D eigenvalue weighted by Gasteiger charge is -2.57. The third kappa shape index (κ3) is 2.82. The van der Waals surface area contributed by atoms with Crippen LogP contribution in [0.1, 0.15) is 27.2 Å². The standard InChI is InChI=1S/C14H19BrClN3O2/c1-4-21-10-6-14(17,13(10,2)3)12(20)19-9-5-8(15)7-18-11(9)16/h5,7,10H,4,6,17H2,1-3H3,(H,19,20). The van der Waals surface area contributed by atoms with Gasteiger partial charge in [-0.1, -0.05) is 25.4 Å². The number of hydrogen-bond acceptors (Lipinski definition) is 4. The molecule has 0 bridgehead atoms. The number of nitrogens with zero attached hydrogens (tertiary/aromatic N) is 1. The van der Waals surface area contributed by atoms with E-state index in [9.17, 15) is 4.79 Å². The summed E-state index contributed by atoms with van der Waals surface area (Å²) in [5, 5.41) is 3.00. The van der Waals surface area contributed by atoms with E-state index in [2.05, 4.69) is 26.2 Å². The molecule has 2 atom stereocenters. The van der Waals surface area contributed by atoms with Gasteiger partial charge >= 0.3 is 0 Å². The molecule has 0 saturated heterocycles. The number of pyridine rings is 1. The first-order valence-electron chi connectivity index (χ1n) is 6.75. The average molecular weight is 377 g/mol. The van der Waals surface area contributed by atoms with Crippen molar-refractivity contribution in [1.29, 1.82) is 0 Å². The second-order valence-corrected chi connectivity index (χ2v) is 7.06. The summed E-state index contributed by atoms with van der Waals surface area (Å²) in [7, 11) is 0. The van der Waals surface area contributed by atoms with Crippen molar-refractivity contribution in [2.24, 2.45) is 11.1 Å². The average Bonchev–Trinajstić information content (AvgIpc) is 2.42. The van der Waals surface area contributed by atoms with Gasteiger partial charge in [0.1, 0.15) is 5.54 Å². The van der Waals surface area contributed by atoms with Gasteiger partial charge in [0.15, 0.2) is 5.15 Å². The van der Waals surface area contributed by atoms with Gasteiger partial charge in [0.25, 0.3) is 0 Å². The molecule has 21 heavy (non-hydrogen) atoms. The number of ether oxygens (including phenoxy) is 1. The first kappa shape index (κ1) is 16.7. The lowest BCUT2D eigenvalue weighted by Crippen LogP contribution is -2.74. The van der Waals surface area contributed by atoms with Crippen molar-refractivity contribution >= 4 is 39.1 Å². The Kier molecular flexibility index (Phi) is 4.63. The van der Waals surface area contributed by atoms with Gasteiger partial charge in [-0.2, -0.15) is 0 Å². The van der Waals surface area contributed by atoms with Crippen LogP contribution < -0.4 is 11.1 Å². The highest BCUT2D eigenvalue weighted by Gasteiger charge is 2.62. The molecule has 0 spiro atoms. The number of carbonyl (C=O) groups excluding carboxylic acids is 1. The van der Waals surface area contributed by atoms with Gasteiger partial charge in [0.05, 0.1) is 11.8 Å². The van der Waals surface area contributed by atoms with E-state index < -0.39 is 11.0 Å². The Hall–Kier alpha value is -0.690. The smallest absolute Gasteiger partial charge is 0.245 e. The number of rotatable bonds is 4. The van der Waals surface area contributed by atoms with Crippen molar-refractivity contribution in [2.45, 2.75) is 38.8 Å². The van der Waals surface area contributed by atoms with E-state index in [0.29, 0.717) is 18.7 Å². The molecule has 3 N–H and O–H groups in total. The fraction of sp³-hybridized carbons (Fsp3) is 0.571. The Morgan fingerprint density at radius 1 is 1.67 bits per heavy atom. The van der Waals surface area contributed by atoms with Gasteiger partial charge in [-0.25, -0.2) is 4.98 Å². The minimum absolute atomic E-state index is 0.0191. The Bertz CT molecular complexity index is 567. The zero-order valence-corrected chi connectivity index (χ0v) is 14.6. The fourth-order valence-electron chi connectivity index (χ4n) is 2.56. The van der Waals surface area contributed by atoms with Gasteiger partial charge in [-0.15, -0.1) is 0 Å². The summed E-state index contributed by atoms with van der Waals surface area (Å²) in [5.41, 5.74) is 5.32. The van der Waals surface area contributed by atoms with E-state index in [-0.39, 0.29) is 17.2 Å². The number of carbonyl (C=O) groups is 1. The molecule has 5 nitrogen and oxygen atoms in total. The van der Waals surface area contributed by atoms with Crippen LogP contribution in [0.3, 0.4) is 0 Å². The molecule has 0 aromatic carbocycles. The Morgan fingerprint density at radius 2 is 2.33 bits per heavy atom. The van der Waals surface area contributed by atoms with Crippen molar-refractivity contribution in [2.75, 3.05) is 11.9 Å². The van der Waals surface area contributed by atoms with Crippen LogP contribution in [0, 0.1) is 5.41 Å². The first-order valence-corrected chi connectivity index (χ1v) is 7.92. The molecule has 0 radical (unpaired) electrons. The quantitative estimate of drug-likeness (QED) is 0.792. The van der Waals surface area contributed by atoms with Crippen molar-refractivity contribution < 1.29 is 9.53 Å². The summed E-state index contributed by atoms with van der Waals surface area (Å²) in [6, 6.07) is 1.70. The third-order valence-corrected chi connectivity index (χ3v) is 5.02. The molecule has 1 amide bonds. The van der Waals surface area contributed by atoms with Crippen LogP contribution in [0.2, 0.25) is 5.15 Å². The minimum Gasteiger partial charge on any atom is -0.378 e. The highest BCUT2D eigenvalue weighted by atomic mass is 79.9. The van der Waals surface area contributed by atoms with Gasteiger partial charge < -0.3 is 15.8 Å². The van der Waals surface area contributed by atoms with Crippen molar-refractivity contribution in [3.05, 3.63) is 21.9 Å². The number of nitrogens with two attached hydrogens (primary N) is 1. The monoisotopic (exact) mass is 375 g/mol. The van der Waals surface area contributed by atoms with E-state index in [4.69, 9.17) is 22.1 Å². The van der Waals surface area contributed by atoms with Gasteiger partial charge in [-0.05, 0) is 28.9 Å². The Labute approximate surface area is 137 Å². The molecule has 1 fully saturated rings. The minimum atomic E-state index is -0.988. The molecular formula is C14H19BrClN3O2. The molecule has 2 rings (SSSR count). The number of nitrogens with one attached hydrogen (secondary N) is 1. The highest BCUT2D eigenvalue weighted by molar-refractivity contribution is 9.10. The Morgan fingerprint density at radius 3 is 2.90 bits per heavy atom. The van der Waals surface area contributed by atoms with Crippen LogP contribution in [0.15, 0.2) is 16.7 Å². The maximum absolute atomic E-state index is 12.6. The van der Waals surface area contributed by atoms with E-state index in [1.165, 1.54) is 0 Å². The molecule has 2 unspecified atom stereocenters. The SMILES string of the molecule is CCOC1CC(N)(C(=O)Nc2cc(Br)cnc2Cl)C1(C)C. The molecule has 116 valence electrons. The van der Waals surface area contributed by atoms with Gasteiger partial charge in [-0.3, -0.25) is 4.79 Å². The van der Waals surface area contributed by atoms with Gasteiger partial charge in [0, 0.05) is 29.1 Å². The number of amides is 1. The van der Waals surface area contributed by atoms with Crippen LogP contribution in [0.25, 0.3) is 0 Å². The zero-order chi connectivity index (χ0) is 15.8. The second kappa shape index (κ2) is 5.83. The lowest BCUT2D eigenvalue weighted by molar-refractivity contribution is -0.166. The lowest BCUT2D eigenvalue weighted by atomic mass is 9.54. The van der Waals surface area contributed by atoms with E-state index >= 15 is 0 Å². The fourth-order valence-corrected chi connectivity index (χ4v) is 3.05. The molecule has 0 aliphatic heterocycles. The normalized spacial score (nSPS) is 27.0. The predicted molar refractivity (Wildman–Crippen MR) is 86.3 cm³/mol. The van der Waals surface area contributed by atoms with E-state index in [0.717, 1.165) is 4.47 Å². The van der Waals surface area contributed by atoms with E-state index in [1.54, 1.807) is 12.3 Å². The number of aromatic nitrogens is 1. The number of hydrogen-bond donors (Lipinski definition) is 2. The molecule has 1 saturated carbocycles. The van der Waals surface area contributed by atoms with Crippen LogP contribution >= 0.6 is 27.5 Å². The summed E-state index contributed by atoms with van der Waals surface area (Å²) in [6.07, 6.45) is 2.03. The van der Waals surface area contributed by atoms with Crippen molar-refractivity contribution in [1.82, 2.24) is 4.98 Å². The van der Waals surface area contributed by atoms with Crippen molar-refractivity contribution in [3.63, 3.8) is 0 Å². The van der Waals surface area contributed by atoms with Crippen molar-refractivity contribution in [3.8, 4) is 0 Å². The summed E-state index contributed by atoms with van der Waals surface area (Å²) in [5.74, 6) is -0.273. The molecule has 1 aromatic heterocycles. The number of anilines is 1. The van der Waals surface area contributed by atoms with Crippen LogP contribution in [-0.2, 0) is 9.53 Å². The summed E-state index contributed by atoms with van der Waals surface area (Å²) in [4.78, 5) is 16.5. The first-order chi connectivity index (χ1) is 9.72. The molecule has 7 heteroatoms. The maximum Gasteiger partial charge on any atom is 0.245 e. The van der Waals surface area contributed by atoms with Crippen LogP contribution in [-0.4, -0.2) is 29.1 Å². The predicted octanol–water partition coefficient (Wildman–Crippen LogP) is 2.97. The second-order valence-electron chi connectivity index (χ2n) is 5.79. The molecule has 1 aromatic rings. The molecule has 1 aliphatic rings. The topological polar surface area (TPSA) is 77.2 Å². The number of halogens is 2. The largest absolute Gasteiger partial charge is 0.378 e. The summed E-state index contributed by atoms with van der Waals surface area (Å²) >= 11 is 9.29. The summed E-state index contributed by atoms with van der Waals surface area (Å²) in [6.45, 7) is 6.42. The highest BCUT2D eigenvalue weighted by Crippen LogP contribution is 2.50. The summed E-state index contributed by atoms with van der Waals surface area (Å²) < 4.78 is 6.36. The third-order valence-electron chi connectivity index (χ3n) is 4.29. The molecular weight excluding hydrogens is 358 g/mol. The van der Waals surface area contributed by atoms with Gasteiger partial charge in [0.2, 0.25) is 5.91 Å². The van der Waals surface area contributed by atoms with Crippen LogP contribution in [0.4, 0.5) is 5.69 Å². The van der Waals surface area contributed by atoms with Crippen LogP contribution in [0.5, 0.6) is 0 Å². The maximum atomic E-state index is 12.6. The molecule has 1 heterocycles. The van der Waals surface area contributed by atoms with E-state index in [1.807, 2.05) is 20.8 Å². The zero-order valence-electron chi connectivity index (χ0n) is 12.2. The molecule has 1 aliphatic carbocycles.